The first kappa shape index (κ1) is 5.17. The maximum absolute atomic E-state index is 2.48. The molecule has 3 aliphatic carbocycles. The molecule has 52 valence electrons. The van der Waals surface area contributed by atoms with E-state index >= 15 is 0 Å². The second-order valence-electron chi connectivity index (χ2n) is 3.91. The lowest BCUT2D eigenvalue weighted by atomic mass is 9.81. The van der Waals surface area contributed by atoms with Crippen molar-refractivity contribution < 1.29 is 0 Å². The van der Waals surface area contributed by atoms with Gasteiger partial charge in [0.05, 0.1) is 0 Å². The van der Waals surface area contributed by atoms with E-state index in [0.717, 1.165) is 11.3 Å². The van der Waals surface area contributed by atoms with Gasteiger partial charge in [0, 0.05) is 5.41 Å². The van der Waals surface area contributed by atoms with Crippen LogP contribution in [0.3, 0.4) is 0 Å². The fourth-order valence-corrected chi connectivity index (χ4v) is 2.73. The molecule has 0 amide bonds. The highest BCUT2D eigenvalue weighted by Crippen LogP contribution is 2.67. The Morgan fingerprint density at radius 2 is 2.30 bits per heavy atom. The maximum Gasteiger partial charge on any atom is 0.00181 e. The van der Waals surface area contributed by atoms with Crippen molar-refractivity contribution in [3.8, 4) is 0 Å². The van der Waals surface area contributed by atoms with E-state index in [1.165, 1.54) is 25.7 Å². The van der Waals surface area contributed by atoms with Crippen LogP contribution in [0, 0.1) is 11.3 Å². The molecule has 0 aromatic rings. The third-order valence-electron chi connectivity index (χ3n) is 3.52. The molecule has 0 heterocycles. The van der Waals surface area contributed by atoms with Gasteiger partial charge in [-0.25, -0.2) is 0 Å². The summed E-state index contributed by atoms with van der Waals surface area (Å²) in [6.07, 6.45) is 12.7. The first-order valence-corrected chi connectivity index (χ1v) is 4.26. The first-order valence-electron chi connectivity index (χ1n) is 4.26. The van der Waals surface area contributed by atoms with E-state index in [4.69, 9.17) is 0 Å². The van der Waals surface area contributed by atoms with E-state index in [1.807, 2.05) is 0 Å². The molecule has 0 radical (unpaired) electrons. The zero-order chi connectivity index (χ0) is 6.60. The van der Waals surface area contributed by atoms with Crippen molar-refractivity contribution in [3.63, 3.8) is 0 Å². The van der Waals surface area contributed by atoms with E-state index in [9.17, 15) is 0 Å². The van der Waals surface area contributed by atoms with Crippen molar-refractivity contribution in [3.05, 3.63) is 23.8 Å². The van der Waals surface area contributed by atoms with Crippen LogP contribution in [-0.4, -0.2) is 0 Å². The number of allylic oxidation sites excluding steroid dienone is 4. The zero-order valence-electron chi connectivity index (χ0n) is 6.14. The molecule has 2 unspecified atom stereocenters. The van der Waals surface area contributed by atoms with Gasteiger partial charge in [0.2, 0.25) is 0 Å². The molecule has 1 fully saturated rings. The summed E-state index contributed by atoms with van der Waals surface area (Å²) < 4.78 is 0. The summed E-state index contributed by atoms with van der Waals surface area (Å²) in [5.74, 6) is 1.01. The van der Waals surface area contributed by atoms with Crippen LogP contribution in [-0.2, 0) is 0 Å². The summed E-state index contributed by atoms with van der Waals surface area (Å²) in [6, 6.07) is 0. The van der Waals surface area contributed by atoms with Crippen LogP contribution in [0.15, 0.2) is 23.8 Å². The van der Waals surface area contributed by atoms with Crippen molar-refractivity contribution in [2.75, 3.05) is 0 Å². The molecule has 1 saturated carbocycles. The molecule has 1 spiro atoms. The third-order valence-corrected chi connectivity index (χ3v) is 3.52. The number of rotatable bonds is 0. The second-order valence-corrected chi connectivity index (χ2v) is 3.91. The zero-order valence-corrected chi connectivity index (χ0v) is 6.14. The number of hydrogen-bond acceptors (Lipinski definition) is 0. The molecule has 2 atom stereocenters. The molecule has 0 saturated heterocycles. The summed E-state index contributed by atoms with van der Waals surface area (Å²) >= 11 is 0. The largest absolute Gasteiger partial charge is 0.0882 e. The summed E-state index contributed by atoms with van der Waals surface area (Å²) in [7, 11) is 0. The van der Waals surface area contributed by atoms with Gasteiger partial charge < -0.3 is 0 Å². The van der Waals surface area contributed by atoms with Gasteiger partial charge in [-0.05, 0) is 31.6 Å². The van der Waals surface area contributed by atoms with Crippen molar-refractivity contribution in [1.29, 1.82) is 0 Å². The Morgan fingerprint density at radius 1 is 1.30 bits per heavy atom. The fraction of sp³-hybridized carbons (Fsp3) is 0.600. The molecular formula is C10H12. The minimum Gasteiger partial charge on any atom is -0.0882 e. The van der Waals surface area contributed by atoms with Crippen LogP contribution in [0.4, 0.5) is 0 Å². The van der Waals surface area contributed by atoms with E-state index in [0.29, 0.717) is 0 Å². The van der Waals surface area contributed by atoms with Crippen LogP contribution >= 0.6 is 0 Å². The second kappa shape index (κ2) is 1.39. The highest BCUT2D eigenvalue weighted by molar-refractivity contribution is 5.41. The molecule has 10 heavy (non-hydrogen) atoms. The molecule has 0 aliphatic heterocycles. The van der Waals surface area contributed by atoms with Gasteiger partial charge in [-0.1, -0.05) is 23.8 Å². The Balaban J connectivity index is 2.04. The van der Waals surface area contributed by atoms with Gasteiger partial charge in [0.1, 0.15) is 0 Å². The van der Waals surface area contributed by atoms with Crippen LogP contribution < -0.4 is 0 Å². The predicted octanol–water partition coefficient (Wildman–Crippen LogP) is 2.67. The van der Waals surface area contributed by atoms with Crippen molar-refractivity contribution in [2.45, 2.75) is 25.7 Å². The van der Waals surface area contributed by atoms with E-state index in [1.54, 1.807) is 5.57 Å². The molecule has 0 N–H and O–H groups in total. The minimum absolute atomic E-state index is 0.731. The fourth-order valence-electron chi connectivity index (χ4n) is 2.73. The topological polar surface area (TPSA) is 0 Å². The SMILES string of the molecule is C1=CCC23CC2=CCC3C1. The Morgan fingerprint density at radius 3 is 3.10 bits per heavy atom. The van der Waals surface area contributed by atoms with Gasteiger partial charge in [0.25, 0.3) is 0 Å². The number of hydrogen-bond donors (Lipinski definition) is 0. The van der Waals surface area contributed by atoms with Crippen LogP contribution in [0.1, 0.15) is 25.7 Å². The smallest absolute Gasteiger partial charge is 0.00181 e. The molecule has 0 heteroatoms. The normalized spacial score (nSPS) is 48.0. The lowest BCUT2D eigenvalue weighted by molar-refractivity contribution is 0.334. The van der Waals surface area contributed by atoms with Crippen LogP contribution in [0.2, 0.25) is 0 Å². The highest BCUT2D eigenvalue weighted by Gasteiger charge is 2.56. The maximum atomic E-state index is 2.48. The summed E-state index contributed by atoms with van der Waals surface area (Å²) in [4.78, 5) is 0. The van der Waals surface area contributed by atoms with Crippen LogP contribution in [0.25, 0.3) is 0 Å². The van der Waals surface area contributed by atoms with Crippen molar-refractivity contribution in [2.24, 2.45) is 11.3 Å². The average Bonchev–Trinajstić information content (AvgIpc) is 2.55. The molecule has 3 rings (SSSR count). The van der Waals surface area contributed by atoms with Gasteiger partial charge in [-0.2, -0.15) is 0 Å². The summed E-state index contributed by atoms with van der Waals surface area (Å²) in [5.41, 5.74) is 2.51. The standard InChI is InChI=1S/C10H12/c1-2-6-10-7-9(10)5-4-8(10)3-1/h1-2,5,8H,3-4,6-7H2. The van der Waals surface area contributed by atoms with Gasteiger partial charge in [0.15, 0.2) is 0 Å². The monoisotopic (exact) mass is 132 g/mol. The Hall–Kier alpha value is -0.520. The molecule has 0 aromatic carbocycles. The lowest BCUT2D eigenvalue weighted by Gasteiger charge is -2.23. The summed E-state index contributed by atoms with van der Waals surface area (Å²) in [6.45, 7) is 0. The molecular weight excluding hydrogens is 120 g/mol. The average molecular weight is 132 g/mol. The third kappa shape index (κ3) is 0.416. The highest BCUT2D eigenvalue weighted by atomic mass is 14.6. The Labute approximate surface area is 61.6 Å². The molecule has 0 aromatic heterocycles. The van der Waals surface area contributed by atoms with Crippen molar-refractivity contribution in [1.82, 2.24) is 0 Å². The minimum atomic E-state index is 0.731. The Kier molecular flexibility index (Phi) is 0.719. The van der Waals surface area contributed by atoms with Crippen LogP contribution in [0.5, 0.6) is 0 Å². The quantitative estimate of drug-likeness (QED) is 0.444. The summed E-state index contributed by atoms with van der Waals surface area (Å²) in [5, 5.41) is 0. The molecule has 0 nitrogen and oxygen atoms in total. The van der Waals surface area contributed by atoms with E-state index in [-0.39, 0.29) is 0 Å². The van der Waals surface area contributed by atoms with Gasteiger partial charge in [-0.3, -0.25) is 0 Å². The first-order chi connectivity index (χ1) is 4.92. The predicted molar refractivity (Wildman–Crippen MR) is 41.6 cm³/mol. The van der Waals surface area contributed by atoms with Crippen molar-refractivity contribution >= 4 is 0 Å². The lowest BCUT2D eigenvalue weighted by Crippen LogP contribution is -2.14. The molecule has 3 aliphatic rings. The van der Waals surface area contributed by atoms with Gasteiger partial charge >= 0.3 is 0 Å². The van der Waals surface area contributed by atoms with E-state index < -0.39 is 0 Å². The van der Waals surface area contributed by atoms with Gasteiger partial charge in [-0.15, -0.1) is 0 Å². The molecule has 0 bridgehead atoms. The van der Waals surface area contributed by atoms with E-state index in [2.05, 4.69) is 18.2 Å². The Bertz CT molecular complexity index is 234.